The number of hydrogen-bond donors (Lipinski definition) is 1. The lowest BCUT2D eigenvalue weighted by Crippen LogP contribution is -2.28. The zero-order valence-electron chi connectivity index (χ0n) is 11.9. The molecule has 0 spiro atoms. The van der Waals surface area contributed by atoms with Crippen LogP contribution in [0.25, 0.3) is 0 Å². The molecule has 1 amide bonds. The molecule has 0 bridgehead atoms. The molecule has 1 aliphatic carbocycles. The highest BCUT2D eigenvalue weighted by Gasteiger charge is 2.51. The number of rotatable bonds is 3. The van der Waals surface area contributed by atoms with Crippen LogP contribution >= 0.6 is 0 Å². The number of hydrogen-bond acceptors (Lipinski definition) is 3. The van der Waals surface area contributed by atoms with Crippen molar-refractivity contribution in [2.24, 2.45) is 5.41 Å². The minimum absolute atomic E-state index is 0.0881. The summed E-state index contributed by atoms with van der Waals surface area (Å²) in [5.74, 6) is 0.0881. The molecule has 3 rings (SSSR count). The van der Waals surface area contributed by atoms with Gasteiger partial charge < -0.3 is 10.2 Å². The lowest BCUT2D eigenvalue weighted by atomic mass is 9.88. The van der Waals surface area contributed by atoms with Crippen LogP contribution in [0.2, 0.25) is 0 Å². The molecule has 1 aliphatic heterocycles. The largest absolute Gasteiger partial charge is 0.326 e. The molecule has 1 aromatic rings. The van der Waals surface area contributed by atoms with E-state index in [9.17, 15) is 10.1 Å². The summed E-state index contributed by atoms with van der Waals surface area (Å²) in [7, 11) is 4.06. The third-order valence-electron chi connectivity index (χ3n) is 4.39. The zero-order chi connectivity index (χ0) is 14.3. The number of carbonyl (C=O) groups excluding carboxylic acids is 1. The molecule has 0 aromatic heterocycles. The van der Waals surface area contributed by atoms with Crippen molar-refractivity contribution in [2.45, 2.75) is 31.7 Å². The summed E-state index contributed by atoms with van der Waals surface area (Å²) in [4.78, 5) is 13.5. The average Bonchev–Trinajstić information content (AvgIpc) is 3.19. The Labute approximate surface area is 119 Å². The molecule has 1 aromatic carbocycles. The molecular weight excluding hydrogens is 250 g/mol. The average molecular weight is 269 g/mol. The number of nitriles is 1. The maximum atomic E-state index is 11.4. The summed E-state index contributed by atoms with van der Waals surface area (Å²) in [5, 5.41) is 12.4. The molecule has 1 atom stereocenters. The first-order valence-electron chi connectivity index (χ1n) is 7.06. The maximum Gasteiger partial charge on any atom is 0.224 e. The predicted molar refractivity (Wildman–Crippen MR) is 77.1 cm³/mol. The van der Waals surface area contributed by atoms with Crippen LogP contribution in [0.15, 0.2) is 18.2 Å². The Balaban J connectivity index is 1.97. The van der Waals surface area contributed by atoms with Gasteiger partial charge >= 0.3 is 0 Å². The fourth-order valence-corrected chi connectivity index (χ4v) is 3.27. The van der Waals surface area contributed by atoms with Crippen molar-refractivity contribution in [3.8, 4) is 6.07 Å². The van der Waals surface area contributed by atoms with E-state index in [1.165, 1.54) is 11.1 Å². The van der Waals surface area contributed by atoms with Crippen LogP contribution in [0.3, 0.4) is 0 Å². The number of amides is 1. The van der Waals surface area contributed by atoms with Gasteiger partial charge in [-0.25, -0.2) is 0 Å². The topological polar surface area (TPSA) is 56.1 Å². The summed E-state index contributed by atoms with van der Waals surface area (Å²) < 4.78 is 0. The van der Waals surface area contributed by atoms with E-state index < -0.39 is 0 Å². The first-order valence-corrected chi connectivity index (χ1v) is 7.06. The number of carbonyl (C=O) groups is 1. The van der Waals surface area contributed by atoms with Gasteiger partial charge in [0.05, 0.1) is 17.5 Å². The van der Waals surface area contributed by atoms with Gasteiger partial charge in [-0.3, -0.25) is 4.79 Å². The summed E-state index contributed by atoms with van der Waals surface area (Å²) in [6.07, 6.45) is 3.28. The number of anilines is 1. The van der Waals surface area contributed by atoms with Gasteiger partial charge in [-0.2, -0.15) is 5.26 Å². The van der Waals surface area contributed by atoms with E-state index in [4.69, 9.17) is 0 Å². The molecule has 4 heteroatoms. The Bertz CT molecular complexity index is 596. The van der Waals surface area contributed by atoms with Crippen LogP contribution < -0.4 is 5.32 Å². The van der Waals surface area contributed by atoms with Crippen LogP contribution in [0.4, 0.5) is 5.69 Å². The summed E-state index contributed by atoms with van der Waals surface area (Å²) in [6, 6.07) is 8.83. The zero-order valence-corrected chi connectivity index (χ0v) is 11.9. The van der Waals surface area contributed by atoms with Crippen molar-refractivity contribution < 1.29 is 4.79 Å². The van der Waals surface area contributed by atoms with Crippen molar-refractivity contribution >= 4 is 11.6 Å². The number of nitrogens with one attached hydrogen (secondary N) is 1. The van der Waals surface area contributed by atoms with Crippen molar-refractivity contribution in [1.29, 1.82) is 5.26 Å². The number of nitrogens with zero attached hydrogens (tertiary/aromatic N) is 2. The van der Waals surface area contributed by atoms with Crippen molar-refractivity contribution in [2.75, 3.05) is 19.4 Å². The minimum atomic E-state index is -0.227. The maximum absolute atomic E-state index is 11.4. The second-order valence-electron chi connectivity index (χ2n) is 6.10. The quantitative estimate of drug-likeness (QED) is 0.917. The van der Waals surface area contributed by atoms with Crippen molar-refractivity contribution in [1.82, 2.24) is 4.90 Å². The van der Waals surface area contributed by atoms with E-state index in [-0.39, 0.29) is 17.4 Å². The van der Waals surface area contributed by atoms with Gasteiger partial charge in [0.15, 0.2) is 0 Å². The van der Waals surface area contributed by atoms with Gasteiger partial charge in [-0.1, -0.05) is 12.1 Å². The molecule has 1 N–H and O–H groups in total. The van der Waals surface area contributed by atoms with E-state index in [0.717, 1.165) is 24.9 Å². The Morgan fingerprint density at radius 3 is 2.70 bits per heavy atom. The fraction of sp³-hybridized carbons (Fsp3) is 0.500. The van der Waals surface area contributed by atoms with Crippen molar-refractivity contribution in [3.63, 3.8) is 0 Å². The molecule has 1 unspecified atom stereocenters. The van der Waals surface area contributed by atoms with Crippen LogP contribution in [-0.4, -0.2) is 24.9 Å². The van der Waals surface area contributed by atoms with Crippen LogP contribution in [-0.2, 0) is 11.2 Å². The van der Waals surface area contributed by atoms with E-state index in [2.05, 4.69) is 22.4 Å². The smallest absolute Gasteiger partial charge is 0.224 e. The summed E-state index contributed by atoms with van der Waals surface area (Å²) in [5.41, 5.74) is 3.06. The Morgan fingerprint density at radius 2 is 2.10 bits per heavy atom. The molecular formula is C16H19N3O. The van der Waals surface area contributed by atoms with Gasteiger partial charge in [0, 0.05) is 12.1 Å². The van der Waals surface area contributed by atoms with Gasteiger partial charge in [0.25, 0.3) is 0 Å². The number of benzene rings is 1. The molecule has 0 radical (unpaired) electrons. The molecule has 4 nitrogen and oxygen atoms in total. The molecule has 1 fully saturated rings. The predicted octanol–water partition coefficient (Wildman–Crippen LogP) is 2.48. The third-order valence-corrected chi connectivity index (χ3v) is 4.39. The van der Waals surface area contributed by atoms with Gasteiger partial charge in [-0.15, -0.1) is 0 Å². The molecule has 1 saturated carbocycles. The normalized spacial score (nSPS) is 20.8. The van der Waals surface area contributed by atoms with Gasteiger partial charge in [0.1, 0.15) is 0 Å². The Morgan fingerprint density at radius 1 is 1.35 bits per heavy atom. The molecule has 1 heterocycles. The van der Waals surface area contributed by atoms with E-state index in [1.807, 2.05) is 26.2 Å². The number of fused-ring (bicyclic) bond motifs is 1. The second-order valence-corrected chi connectivity index (χ2v) is 6.10. The number of aryl methyl sites for hydroxylation is 1. The fourth-order valence-electron chi connectivity index (χ4n) is 3.27. The lowest BCUT2D eigenvalue weighted by molar-refractivity contribution is -0.116. The Kier molecular flexibility index (Phi) is 3.02. The van der Waals surface area contributed by atoms with E-state index in [0.29, 0.717) is 6.42 Å². The molecule has 20 heavy (non-hydrogen) atoms. The summed E-state index contributed by atoms with van der Waals surface area (Å²) >= 11 is 0. The highest BCUT2D eigenvalue weighted by atomic mass is 16.1. The van der Waals surface area contributed by atoms with E-state index >= 15 is 0 Å². The van der Waals surface area contributed by atoms with Gasteiger partial charge in [-0.05, 0) is 50.6 Å². The second kappa shape index (κ2) is 4.60. The molecule has 104 valence electrons. The van der Waals surface area contributed by atoms with Crippen LogP contribution in [0.1, 0.15) is 36.4 Å². The molecule has 0 saturated heterocycles. The summed E-state index contributed by atoms with van der Waals surface area (Å²) in [6.45, 7) is 0. The monoisotopic (exact) mass is 269 g/mol. The Hall–Kier alpha value is -1.86. The van der Waals surface area contributed by atoms with Gasteiger partial charge in [0.2, 0.25) is 5.91 Å². The first-order chi connectivity index (χ1) is 9.55. The van der Waals surface area contributed by atoms with Crippen LogP contribution in [0.5, 0.6) is 0 Å². The standard InChI is InChI=1S/C16H19N3O/c1-19(2)15(16(10-17)7-8-16)12-3-5-13-11(9-12)4-6-14(20)18-13/h3,5,9,15H,4,6-8H2,1-2H3,(H,18,20). The third kappa shape index (κ3) is 2.08. The highest BCUT2D eigenvalue weighted by molar-refractivity contribution is 5.93. The van der Waals surface area contributed by atoms with Crippen molar-refractivity contribution in [3.05, 3.63) is 29.3 Å². The molecule has 2 aliphatic rings. The van der Waals surface area contributed by atoms with E-state index in [1.54, 1.807) is 0 Å². The highest BCUT2D eigenvalue weighted by Crippen LogP contribution is 2.56. The minimum Gasteiger partial charge on any atom is -0.326 e. The van der Waals surface area contributed by atoms with Crippen LogP contribution in [0, 0.1) is 16.7 Å². The first kappa shape index (κ1) is 13.1. The lowest BCUT2D eigenvalue weighted by Gasteiger charge is -2.30. The SMILES string of the molecule is CN(C)C(c1ccc2c(c1)CCC(=O)N2)C1(C#N)CC1.